The molecular formula is C25H39N3O6. The molecule has 1 aliphatic carbocycles. The van der Waals surface area contributed by atoms with E-state index in [0.29, 0.717) is 25.8 Å². The fourth-order valence-electron chi connectivity index (χ4n) is 5.09. The molecule has 3 unspecified atom stereocenters. The van der Waals surface area contributed by atoms with Crippen LogP contribution in [0.5, 0.6) is 0 Å². The predicted molar refractivity (Wildman–Crippen MR) is 126 cm³/mol. The van der Waals surface area contributed by atoms with Gasteiger partial charge in [0.15, 0.2) is 0 Å². The van der Waals surface area contributed by atoms with Crippen molar-refractivity contribution in [1.82, 2.24) is 15.5 Å². The zero-order valence-electron chi connectivity index (χ0n) is 20.4. The molecule has 0 aromatic heterocycles. The maximum atomic E-state index is 13.5. The maximum Gasteiger partial charge on any atom is 0.408 e. The molecule has 0 radical (unpaired) electrons. The van der Waals surface area contributed by atoms with Gasteiger partial charge >= 0.3 is 12.1 Å². The van der Waals surface area contributed by atoms with E-state index in [2.05, 4.69) is 10.6 Å². The lowest BCUT2D eigenvalue weighted by molar-refractivity contribution is -0.147. The standard InChI is InChI=1S/C25H39N3O6/c1-17-11-6-4-3-5-7-14-19(26-25(32)34-18-12-8-9-13-18)23(30)28-16-10-15-20(28)22(29)27-21(17)24(31)33-2/h6,11,17-21H,3-5,7-10,12-16H2,1-2H3,(H,26,32)(H,27,29)/b11-6-/t17?,19-,20?,21?/m0/s1. The van der Waals surface area contributed by atoms with E-state index in [0.717, 1.165) is 51.4 Å². The van der Waals surface area contributed by atoms with E-state index in [1.165, 1.54) is 7.11 Å². The van der Waals surface area contributed by atoms with Gasteiger partial charge in [-0.1, -0.05) is 31.9 Å². The summed E-state index contributed by atoms with van der Waals surface area (Å²) < 4.78 is 10.4. The third-order valence-corrected chi connectivity index (χ3v) is 7.09. The Kier molecular flexibility index (Phi) is 9.77. The highest BCUT2D eigenvalue weighted by Crippen LogP contribution is 2.23. The number of ether oxygens (including phenoxy) is 2. The second-order valence-corrected chi connectivity index (χ2v) is 9.63. The van der Waals surface area contributed by atoms with Crippen molar-refractivity contribution < 1.29 is 28.7 Å². The first kappa shape index (κ1) is 26.0. The molecule has 0 spiro atoms. The number of nitrogens with zero attached hydrogens (tertiary/aromatic N) is 1. The van der Waals surface area contributed by atoms with Gasteiger partial charge in [0, 0.05) is 12.5 Å². The van der Waals surface area contributed by atoms with E-state index >= 15 is 0 Å². The second-order valence-electron chi connectivity index (χ2n) is 9.63. The Morgan fingerprint density at radius 1 is 1.03 bits per heavy atom. The van der Waals surface area contributed by atoms with Gasteiger partial charge in [-0.25, -0.2) is 9.59 Å². The van der Waals surface area contributed by atoms with E-state index in [1.807, 2.05) is 19.1 Å². The summed E-state index contributed by atoms with van der Waals surface area (Å²) in [5, 5.41) is 5.60. The zero-order chi connectivity index (χ0) is 24.5. The number of allylic oxidation sites excluding steroid dienone is 1. The Labute approximate surface area is 202 Å². The molecule has 3 amide bonds. The lowest BCUT2D eigenvalue weighted by Gasteiger charge is -2.30. The van der Waals surface area contributed by atoms with Crippen LogP contribution in [0.2, 0.25) is 0 Å². The van der Waals surface area contributed by atoms with Crippen LogP contribution in [0.15, 0.2) is 12.2 Å². The van der Waals surface area contributed by atoms with Gasteiger partial charge in [0.25, 0.3) is 0 Å². The highest BCUT2D eigenvalue weighted by Gasteiger charge is 2.39. The summed E-state index contributed by atoms with van der Waals surface area (Å²) in [7, 11) is 1.30. The van der Waals surface area contributed by atoms with Crippen molar-refractivity contribution in [2.24, 2.45) is 5.92 Å². The van der Waals surface area contributed by atoms with Gasteiger partial charge in [-0.3, -0.25) is 9.59 Å². The van der Waals surface area contributed by atoms with Crippen LogP contribution in [0, 0.1) is 5.92 Å². The Bertz CT molecular complexity index is 764. The molecule has 4 atom stereocenters. The number of nitrogens with one attached hydrogen (secondary N) is 2. The largest absolute Gasteiger partial charge is 0.467 e. The minimum Gasteiger partial charge on any atom is -0.467 e. The third-order valence-electron chi connectivity index (χ3n) is 7.09. The number of alkyl carbamates (subject to hydrolysis) is 1. The zero-order valence-corrected chi connectivity index (χ0v) is 20.4. The van der Waals surface area contributed by atoms with Crippen molar-refractivity contribution >= 4 is 23.9 Å². The second kappa shape index (κ2) is 12.8. The maximum absolute atomic E-state index is 13.5. The molecule has 0 bridgehead atoms. The molecular weight excluding hydrogens is 438 g/mol. The van der Waals surface area contributed by atoms with E-state index in [4.69, 9.17) is 9.47 Å². The predicted octanol–water partition coefficient (Wildman–Crippen LogP) is 2.83. The monoisotopic (exact) mass is 477 g/mol. The van der Waals surface area contributed by atoms with Crippen LogP contribution in [-0.2, 0) is 23.9 Å². The highest BCUT2D eigenvalue weighted by atomic mass is 16.6. The van der Waals surface area contributed by atoms with Crippen LogP contribution in [0.1, 0.15) is 77.6 Å². The molecule has 0 aromatic carbocycles. The Morgan fingerprint density at radius 2 is 1.76 bits per heavy atom. The molecule has 0 aromatic rings. The van der Waals surface area contributed by atoms with Crippen molar-refractivity contribution in [1.29, 1.82) is 0 Å². The van der Waals surface area contributed by atoms with E-state index in [9.17, 15) is 19.2 Å². The molecule has 1 saturated carbocycles. The highest BCUT2D eigenvalue weighted by molar-refractivity contribution is 5.93. The quantitative estimate of drug-likeness (QED) is 0.477. The Hall–Kier alpha value is -2.58. The first-order valence-corrected chi connectivity index (χ1v) is 12.7. The molecule has 1 saturated heterocycles. The van der Waals surface area contributed by atoms with E-state index in [-0.39, 0.29) is 23.8 Å². The SMILES string of the molecule is COC(=O)C1NC(=O)C2CCCN2C(=O)[C@@H](NC(=O)OC2CCCC2)CCCCC/C=C\C1C. The number of fused-ring (bicyclic) bond motifs is 1. The van der Waals surface area contributed by atoms with Crippen LogP contribution in [0.4, 0.5) is 4.79 Å². The molecule has 2 N–H and O–H groups in total. The summed E-state index contributed by atoms with van der Waals surface area (Å²) in [6, 6.07) is -2.25. The molecule has 2 aliphatic heterocycles. The van der Waals surface area contributed by atoms with Crippen LogP contribution in [-0.4, -0.2) is 66.7 Å². The van der Waals surface area contributed by atoms with Gasteiger partial charge in [0.05, 0.1) is 7.11 Å². The number of carbonyl (C=O) groups excluding carboxylic acids is 4. The lowest BCUT2D eigenvalue weighted by Crippen LogP contribution is -2.56. The van der Waals surface area contributed by atoms with Crippen LogP contribution in [0.3, 0.4) is 0 Å². The van der Waals surface area contributed by atoms with E-state index in [1.54, 1.807) is 4.90 Å². The van der Waals surface area contributed by atoms with Gasteiger partial charge in [-0.15, -0.1) is 0 Å². The first-order chi connectivity index (χ1) is 16.4. The average Bonchev–Trinajstić information content (AvgIpc) is 3.51. The number of carbonyl (C=O) groups is 4. The number of hydrogen-bond acceptors (Lipinski definition) is 6. The van der Waals surface area contributed by atoms with Gasteiger partial charge < -0.3 is 25.0 Å². The van der Waals surface area contributed by atoms with Crippen LogP contribution < -0.4 is 10.6 Å². The molecule has 34 heavy (non-hydrogen) atoms. The molecule has 9 nitrogen and oxygen atoms in total. The topological polar surface area (TPSA) is 114 Å². The van der Waals surface area contributed by atoms with Crippen molar-refractivity contribution in [3.63, 3.8) is 0 Å². The minimum absolute atomic E-state index is 0.0910. The Balaban J connectivity index is 1.76. The molecule has 2 heterocycles. The van der Waals surface area contributed by atoms with Crippen molar-refractivity contribution in [2.75, 3.05) is 13.7 Å². The number of amides is 3. The number of hydrogen-bond donors (Lipinski definition) is 2. The molecule has 2 fully saturated rings. The van der Waals surface area contributed by atoms with Gasteiger partial charge in [0.1, 0.15) is 24.2 Å². The van der Waals surface area contributed by atoms with E-state index < -0.39 is 30.2 Å². The summed E-state index contributed by atoms with van der Waals surface area (Å²) in [5.41, 5.74) is 0. The molecule has 3 rings (SSSR count). The summed E-state index contributed by atoms with van der Waals surface area (Å²) >= 11 is 0. The molecule has 3 aliphatic rings. The van der Waals surface area contributed by atoms with Crippen LogP contribution in [0.25, 0.3) is 0 Å². The molecule has 190 valence electrons. The van der Waals surface area contributed by atoms with Gasteiger partial charge in [-0.2, -0.15) is 0 Å². The molecule has 9 heteroatoms. The van der Waals surface area contributed by atoms with Crippen molar-refractivity contribution in [3.05, 3.63) is 12.2 Å². The third kappa shape index (κ3) is 6.96. The summed E-state index contributed by atoms with van der Waals surface area (Å²) in [6.07, 6.45) is 12.2. The van der Waals surface area contributed by atoms with Crippen molar-refractivity contribution in [2.45, 2.75) is 102 Å². The summed E-state index contributed by atoms with van der Waals surface area (Å²) in [5.74, 6) is -1.40. The normalized spacial score (nSPS) is 30.5. The summed E-state index contributed by atoms with van der Waals surface area (Å²) in [6.45, 7) is 2.30. The first-order valence-electron chi connectivity index (χ1n) is 12.7. The fourth-order valence-corrected chi connectivity index (χ4v) is 5.09. The number of methoxy groups -OCH3 is 1. The van der Waals surface area contributed by atoms with Gasteiger partial charge in [-0.05, 0) is 57.8 Å². The van der Waals surface area contributed by atoms with Crippen molar-refractivity contribution in [3.8, 4) is 0 Å². The fraction of sp³-hybridized carbons (Fsp3) is 0.760. The summed E-state index contributed by atoms with van der Waals surface area (Å²) in [4.78, 5) is 53.1. The number of esters is 1. The Morgan fingerprint density at radius 3 is 2.50 bits per heavy atom. The lowest BCUT2D eigenvalue weighted by atomic mass is 9.99. The average molecular weight is 478 g/mol. The smallest absolute Gasteiger partial charge is 0.408 e. The number of rotatable bonds is 3. The minimum atomic E-state index is -0.827. The van der Waals surface area contributed by atoms with Crippen LogP contribution >= 0.6 is 0 Å². The van der Waals surface area contributed by atoms with Gasteiger partial charge in [0.2, 0.25) is 11.8 Å².